The summed E-state index contributed by atoms with van der Waals surface area (Å²) in [5.74, 6) is 1.74. The van der Waals surface area contributed by atoms with Gasteiger partial charge in [0, 0.05) is 24.2 Å². The van der Waals surface area contributed by atoms with Gasteiger partial charge >= 0.3 is 0 Å². The third kappa shape index (κ3) is 2.69. The van der Waals surface area contributed by atoms with Gasteiger partial charge in [-0.15, -0.1) is 11.3 Å². The summed E-state index contributed by atoms with van der Waals surface area (Å²) in [5.41, 5.74) is 0. The van der Waals surface area contributed by atoms with Gasteiger partial charge in [-0.3, -0.25) is 9.69 Å². The summed E-state index contributed by atoms with van der Waals surface area (Å²) in [6.45, 7) is 2.77. The quantitative estimate of drug-likeness (QED) is 0.911. The minimum Gasteiger partial charge on any atom is -0.316 e. The number of nitrogens with one attached hydrogen (secondary N) is 1. The average Bonchev–Trinajstić information content (AvgIpc) is 3.06. The zero-order valence-corrected chi connectivity index (χ0v) is 13.9. The fourth-order valence-corrected chi connectivity index (χ4v) is 5.44. The zero-order chi connectivity index (χ0) is 14.9. The minimum absolute atomic E-state index is 0.171. The maximum Gasteiger partial charge on any atom is 0.233 e. The molecule has 1 aliphatic carbocycles. The Bertz CT molecular complexity index is 538. The van der Waals surface area contributed by atoms with E-state index in [0.29, 0.717) is 17.7 Å². The van der Waals surface area contributed by atoms with Crippen LogP contribution >= 0.6 is 11.3 Å². The normalized spacial score (nSPS) is 30.4. The fraction of sp³-hybridized carbons (Fsp3) is 0.765. The van der Waals surface area contributed by atoms with E-state index in [2.05, 4.69) is 10.3 Å². The first-order valence-corrected chi connectivity index (χ1v) is 9.62. The van der Waals surface area contributed by atoms with Crippen molar-refractivity contribution in [3.8, 4) is 0 Å². The maximum absolute atomic E-state index is 12.8. The van der Waals surface area contributed by atoms with Gasteiger partial charge in [0.2, 0.25) is 5.91 Å². The smallest absolute Gasteiger partial charge is 0.233 e. The van der Waals surface area contributed by atoms with E-state index in [1.54, 1.807) is 11.3 Å². The molecule has 1 amide bonds. The van der Waals surface area contributed by atoms with Crippen molar-refractivity contribution in [1.82, 2.24) is 10.3 Å². The molecule has 1 aromatic rings. The number of hydrogen-bond acceptors (Lipinski definition) is 4. The van der Waals surface area contributed by atoms with Crippen LogP contribution in [0.5, 0.6) is 0 Å². The summed E-state index contributed by atoms with van der Waals surface area (Å²) in [6, 6.07) is 0. The number of piperidine rings is 2. The second-order valence-corrected chi connectivity index (χ2v) is 8.06. The highest BCUT2D eigenvalue weighted by Gasteiger charge is 2.39. The molecule has 4 rings (SSSR count). The Morgan fingerprint density at radius 1 is 1.18 bits per heavy atom. The molecule has 3 heterocycles. The van der Waals surface area contributed by atoms with Gasteiger partial charge in [-0.05, 0) is 44.1 Å². The van der Waals surface area contributed by atoms with Crippen LogP contribution in [0.3, 0.4) is 0 Å². The lowest BCUT2D eigenvalue weighted by atomic mass is 9.80. The largest absolute Gasteiger partial charge is 0.316 e. The van der Waals surface area contributed by atoms with Crippen molar-refractivity contribution in [2.24, 2.45) is 11.8 Å². The number of carbonyl (C=O) groups excluding carboxylic acids is 1. The number of fused-ring (bicyclic) bond motifs is 1. The van der Waals surface area contributed by atoms with Crippen LogP contribution in [-0.4, -0.2) is 30.5 Å². The van der Waals surface area contributed by atoms with Crippen LogP contribution in [-0.2, 0) is 4.79 Å². The summed E-state index contributed by atoms with van der Waals surface area (Å²) in [6.07, 6.45) is 11.0. The topological polar surface area (TPSA) is 45.2 Å². The zero-order valence-electron chi connectivity index (χ0n) is 13.1. The Morgan fingerprint density at radius 3 is 2.91 bits per heavy atom. The molecular formula is C17H25N3OS. The molecule has 3 fully saturated rings. The molecule has 0 radical (unpaired) electrons. The van der Waals surface area contributed by atoms with Gasteiger partial charge in [0.15, 0.2) is 5.13 Å². The molecule has 22 heavy (non-hydrogen) atoms. The highest BCUT2D eigenvalue weighted by Crippen LogP contribution is 2.39. The van der Waals surface area contributed by atoms with Crippen molar-refractivity contribution in [3.05, 3.63) is 11.1 Å². The lowest BCUT2D eigenvalue weighted by Crippen LogP contribution is -2.52. The van der Waals surface area contributed by atoms with Crippen LogP contribution in [0.25, 0.3) is 0 Å². The molecular weight excluding hydrogens is 294 g/mol. The van der Waals surface area contributed by atoms with Crippen molar-refractivity contribution >= 4 is 22.4 Å². The summed E-state index contributed by atoms with van der Waals surface area (Å²) in [7, 11) is 0. The van der Waals surface area contributed by atoms with Crippen LogP contribution in [0.4, 0.5) is 5.13 Å². The van der Waals surface area contributed by atoms with Crippen molar-refractivity contribution in [2.75, 3.05) is 24.5 Å². The summed E-state index contributed by atoms with van der Waals surface area (Å²) in [5, 5.41) is 4.32. The number of nitrogens with zero attached hydrogens (tertiary/aromatic N) is 2. The molecule has 1 N–H and O–H groups in total. The second-order valence-electron chi connectivity index (χ2n) is 7.02. The van der Waals surface area contributed by atoms with E-state index < -0.39 is 0 Å². The lowest BCUT2D eigenvalue weighted by Gasteiger charge is -2.39. The average molecular weight is 319 g/mol. The van der Waals surface area contributed by atoms with E-state index in [9.17, 15) is 4.79 Å². The van der Waals surface area contributed by atoms with E-state index in [1.807, 2.05) is 11.1 Å². The number of rotatable bonds is 2. The van der Waals surface area contributed by atoms with E-state index >= 15 is 0 Å². The van der Waals surface area contributed by atoms with Crippen LogP contribution in [0.2, 0.25) is 0 Å². The van der Waals surface area contributed by atoms with Gasteiger partial charge in [0.25, 0.3) is 0 Å². The maximum atomic E-state index is 12.8. The molecule has 2 atom stereocenters. The molecule has 1 aromatic heterocycles. The molecule has 2 saturated heterocycles. The van der Waals surface area contributed by atoms with E-state index in [-0.39, 0.29) is 5.92 Å². The van der Waals surface area contributed by atoms with E-state index in [0.717, 1.165) is 37.6 Å². The fourth-order valence-electron chi connectivity index (χ4n) is 4.32. The number of carbonyl (C=O) groups is 1. The monoisotopic (exact) mass is 319 g/mol. The van der Waals surface area contributed by atoms with Gasteiger partial charge < -0.3 is 5.32 Å². The first-order chi connectivity index (χ1) is 10.8. The van der Waals surface area contributed by atoms with Crippen molar-refractivity contribution in [2.45, 2.75) is 50.9 Å². The molecule has 5 heteroatoms. The van der Waals surface area contributed by atoms with E-state index in [4.69, 9.17) is 0 Å². The third-order valence-electron chi connectivity index (χ3n) is 5.68. The molecule has 4 nitrogen and oxygen atoms in total. The Labute approximate surface area is 136 Å². The molecule has 1 saturated carbocycles. The van der Waals surface area contributed by atoms with Gasteiger partial charge in [0.1, 0.15) is 0 Å². The Kier molecular flexibility index (Phi) is 4.18. The summed E-state index contributed by atoms with van der Waals surface area (Å²) >= 11 is 1.76. The number of hydrogen-bond donors (Lipinski definition) is 1. The first kappa shape index (κ1) is 14.6. The van der Waals surface area contributed by atoms with Crippen LogP contribution < -0.4 is 10.2 Å². The predicted octanol–water partition coefficient (Wildman–Crippen LogP) is 3.15. The molecule has 0 bridgehead atoms. The standard InChI is InChI=1S/C17H25N3OS/c21-16-14-10-18-8-6-12(14)7-9-20(16)17-19-11-15(22-17)13-4-2-1-3-5-13/h11-14,18H,1-10H2/t12-,14-/m1/s1. The molecule has 3 aliphatic rings. The number of anilines is 1. The second kappa shape index (κ2) is 6.28. The summed E-state index contributed by atoms with van der Waals surface area (Å²) < 4.78 is 0. The minimum atomic E-state index is 0.171. The Hall–Kier alpha value is -0.940. The molecule has 120 valence electrons. The van der Waals surface area contributed by atoms with Crippen LogP contribution in [0, 0.1) is 11.8 Å². The highest BCUT2D eigenvalue weighted by atomic mass is 32.1. The van der Waals surface area contributed by atoms with Crippen LogP contribution in [0.1, 0.15) is 55.7 Å². The number of aromatic nitrogens is 1. The summed E-state index contributed by atoms with van der Waals surface area (Å²) in [4.78, 5) is 20.8. The van der Waals surface area contributed by atoms with Crippen molar-refractivity contribution in [3.63, 3.8) is 0 Å². The van der Waals surface area contributed by atoms with Gasteiger partial charge in [-0.1, -0.05) is 19.3 Å². The predicted molar refractivity (Wildman–Crippen MR) is 89.4 cm³/mol. The van der Waals surface area contributed by atoms with Gasteiger partial charge in [-0.2, -0.15) is 0 Å². The first-order valence-electron chi connectivity index (χ1n) is 8.81. The molecule has 0 unspecified atom stereocenters. The van der Waals surface area contributed by atoms with Gasteiger partial charge in [-0.25, -0.2) is 4.98 Å². The molecule has 2 aliphatic heterocycles. The van der Waals surface area contributed by atoms with Crippen molar-refractivity contribution in [1.29, 1.82) is 0 Å². The van der Waals surface area contributed by atoms with Crippen molar-refractivity contribution < 1.29 is 4.79 Å². The Morgan fingerprint density at radius 2 is 2.05 bits per heavy atom. The molecule has 0 aromatic carbocycles. The van der Waals surface area contributed by atoms with E-state index in [1.165, 1.54) is 37.0 Å². The highest BCUT2D eigenvalue weighted by molar-refractivity contribution is 7.15. The number of amides is 1. The SMILES string of the molecule is O=C1[C@@H]2CNCC[C@@H]2CCN1c1ncc(C2CCCCC2)s1. The third-order valence-corrected chi connectivity index (χ3v) is 6.86. The Balaban J connectivity index is 1.49. The lowest BCUT2D eigenvalue weighted by molar-refractivity contribution is -0.126. The van der Waals surface area contributed by atoms with Crippen LogP contribution in [0.15, 0.2) is 6.20 Å². The number of thiazole rings is 1. The molecule has 0 spiro atoms. The van der Waals surface area contributed by atoms with Gasteiger partial charge in [0.05, 0.1) is 5.92 Å².